The van der Waals surface area contributed by atoms with Gasteiger partial charge in [0.1, 0.15) is 21.6 Å². The summed E-state index contributed by atoms with van der Waals surface area (Å²) in [5, 5.41) is 17.5. The van der Waals surface area contributed by atoms with Gasteiger partial charge in [0, 0.05) is 6.07 Å². The van der Waals surface area contributed by atoms with Crippen LogP contribution in [0.15, 0.2) is 39.4 Å². The molecule has 0 radical (unpaired) electrons. The van der Waals surface area contributed by atoms with Crippen LogP contribution in [0.25, 0.3) is 0 Å². The fraction of sp³-hybridized carbons (Fsp3) is 0.200. The number of benzene rings is 2. The summed E-state index contributed by atoms with van der Waals surface area (Å²) in [4.78, 5) is -0.327. The van der Waals surface area contributed by atoms with E-state index in [0.717, 1.165) is 0 Å². The molecule has 122 valence electrons. The molecule has 0 aliphatic rings. The van der Waals surface area contributed by atoms with Crippen molar-refractivity contribution in [3.8, 4) is 5.75 Å². The molecule has 0 fully saturated rings. The molecule has 0 bridgehead atoms. The van der Waals surface area contributed by atoms with Gasteiger partial charge in [-0.05, 0) is 49.6 Å². The van der Waals surface area contributed by atoms with Gasteiger partial charge in [-0.2, -0.15) is 5.11 Å². The Hall–Kier alpha value is -1.45. The number of phenolic OH excluding ortho intramolecular Hbond substituents is 1. The third kappa shape index (κ3) is 4.55. The summed E-state index contributed by atoms with van der Waals surface area (Å²) in [6.07, 6.45) is 0. The summed E-state index contributed by atoms with van der Waals surface area (Å²) >= 11 is 0. The number of azo groups is 1. The number of nitrogen functional groups attached to an aromatic ring is 1. The molecule has 0 heterocycles. The van der Waals surface area contributed by atoms with Crippen molar-refractivity contribution in [3.63, 3.8) is 0 Å². The Balaban J connectivity index is 0.00000288. The quantitative estimate of drug-likeness (QED) is 0.351. The van der Waals surface area contributed by atoms with Crippen LogP contribution in [0.3, 0.4) is 0 Å². The number of rotatable bonds is 3. The first-order chi connectivity index (χ1) is 10.6. The third-order valence-electron chi connectivity index (χ3n) is 3.37. The fourth-order valence-corrected chi connectivity index (χ4v) is 2.80. The zero-order chi connectivity index (χ0) is 17.4. The van der Waals surface area contributed by atoms with Gasteiger partial charge in [-0.15, -0.1) is 5.11 Å². The maximum atomic E-state index is 11.3. The van der Waals surface area contributed by atoms with Gasteiger partial charge in [-0.25, -0.2) is 8.42 Å². The molecular weight excluding hydrogens is 341 g/mol. The van der Waals surface area contributed by atoms with Gasteiger partial charge in [0.05, 0.1) is 16.3 Å². The molecule has 2 rings (SSSR count). The van der Waals surface area contributed by atoms with E-state index in [0.29, 0.717) is 22.4 Å². The van der Waals surface area contributed by atoms with Crippen LogP contribution in [0.4, 0.5) is 17.1 Å². The number of hydrogen-bond donors (Lipinski definition) is 2. The fourth-order valence-electron chi connectivity index (χ4n) is 2.09. The molecule has 0 aliphatic carbocycles. The Morgan fingerprint density at radius 2 is 1.54 bits per heavy atom. The Bertz CT molecular complexity index is 911. The average Bonchev–Trinajstić information content (AvgIpc) is 2.41. The number of nitrogens with zero attached hydrogens (tertiary/aromatic N) is 2. The second-order valence-electron chi connectivity index (χ2n) is 5.26. The Labute approximate surface area is 162 Å². The Morgan fingerprint density at radius 3 is 2.12 bits per heavy atom. The maximum Gasteiger partial charge on any atom is 1.00 e. The van der Waals surface area contributed by atoms with Crippen molar-refractivity contribution in [1.29, 1.82) is 0 Å². The van der Waals surface area contributed by atoms with Crippen molar-refractivity contribution in [2.75, 3.05) is 5.73 Å². The summed E-state index contributed by atoms with van der Waals surface area (Å²) in [5.41, 5.74) is 8.20. The molecule has 7 nitrogen and oxygen atoms in total. The predicted octanol–water partition coefficient (Wildman–Crippen LogP) is 0.223. The number of aromatic hydroxyl groups is 1. The zero-order valence-corrected chi connectivity index (χ0v) is 16.7. The van der Waals surface area contributed by atoms with Crippen molar-refractivity contribution in [1.82, 2.24) is 0 Å². The topological polar surface area (TPSA) is 128 Å². The molecule has 0 saturated carbocycles. The van der Waals surface area contributed by atoms with E-state index in [-0.39, 0.29) is 51.6 Å². The van der Waals surface area contributed by atoms with Crippen molar-refractivity contribution in [3.05, 3.63) is 41.0 Å². The molecule has 3 N–H and O–H groups in total. The Morgan fingerprint density at radius 1 is 0.958 bits per heavy atom. The first-order valence-corrected chi connectivity index (χ1v) is 8.08. The molecule has 2 aromatic carbocycles. The molecular formula is C15H16N3NaO4S. The minimum atomic E-state index is -4.59. The van der Waals surface area contributed by atoms with E-state index in [9.17, 15) is 18.1 Å². The third-order valence-corrected chi connectivity index (χ3v) is 4.35. The first kappa shape index (κ1) is 20.6. The van der Waals surface area contributed by atoms with Gasteiger partial charge in [-0.1, -0.05) is 6.07 Å². The van der Waals surface area contributed by atoms with E-state index < -0.39 is 10.1 Å². The van der Waals surface area contributed by atoms with Gasteiger partial charge in [-0.3, -0.25) is 0 Å². The van der Waals surface area contributed by atoms with Gasteiger partial charge in [0.2, 0.25) is 0 Å². The molecule has 0 aromatic heterocycles. The van der Waals surface area contributed by atoms with E-state index in [1.165, 1.54) is 12.1 Å². The summed E-state index contributed by atoms with van der Waals surface area (Å²) in [5.74, 6) is 0.0488. The second kappa shape index (κ2) is 7.62. The van der Waals surface area contributed by atoms with E-state index >= 15 is 0 Å². The van der Waals surface area contributed by atoms with Crippen LogP contribution in [0, 0.1) is 20.8 Å². The SMILES string of the molecule is Cc1cc(N=Nc2cc(S(=O)(=O)[O-])c(C)cc2C)c(N)cc1O.[Na+]. The van der Waals surface area contributed by atoms with Crippen LogP contribution in [0.2, 0.25) is 0 Å². The molecule has 0 unspecified atom stereocenters. The van der Waals surface area contributed by atoms with Gasteiger partial charge >= 0.3 is 29.6 Å². The number of aryl methyl sites for hydroxylation is 3. The number of phenols is 1. The molecule has 2 aromatic rings. The molecule has 0 atom stereocenters. The number of anilines is 1. The minimum Gasteiger partial charge on any atom is -0.744 e. The van der Waals surface area contributed by atoms with Crippen molar-refractivity contribution in [2.45, 2.75) is 25.7 Å². The van der Waals surface area contributed by atoms with Gasteiger partial charge in [0.25, 0.3) is 0 Å². The summed E-state index contributed by atoms with van der Waals surface area (Å²) in [6.45, 7) is 4.96. The van der Waals surface area contributed by atoms with Gasteiger partial charge in [0.15, 0.2) is 0 Å². The largest absolute Gasteiger partial charge is 1.00 e. The Kier molecular flexibility index (Phi) is 6.54. The van der Waals surface area contributed by atoms with Crippen LogP contribution in [0.5, 0.6) is 5.75 Å². The molecule has 0 aliphatic heterocycles. The summed E-state index contributed by atoms with van der Waals surface area (Å²) < 4.78 is 33.8. The smallest absolute Gasteiger partial charge is 0.744 e. The second-order valence-corrected chi connectivity index (χ2v) is 6.60. The minimum absolute atomic E-state index is 0. The van der Waals surface area contributed by atoms with Crippen molar-refractivity contribution >= 4 is 27.2 Å². The summed E-state index contributed by atoms with van der Waals surface area (Å²) in [7, 11) is -4.59. The average molecular weight is 357 g/mol. The van der Waals surface area contributed by atoms with Gasteiger partial charge < -0.3 is 15.4 Å². The van der Waals surface area contributed by atoms with Crippen LogP contribution in [-0.4, -0.2) is 18.1 Å². The van der Waals surface area contributed by atoms with E-state index in [1.54, 1.807) is 32.9 Å². The normalized spacial score (nSPS) is 11.5. The van der Waals surface area contributed by atoms with Crippen molar-refractivity contribution in [2.24, 2.45) is 10.2 Å². The predicted molar refractivity (Wildman–Crippen MR) is 85.3 cm³/mol. The first-order valence-electron chi connectivity index (χ1n) is 6.67. The molecule has 0 amide bonds. The van der Waals surface area contributed by atoms with Crippen LogP contribution >= 0.6 is 0 Å². The number of hydrogen-bond acceptors (Lipinski definition) is 7. The van der Waals surface area contributed by atoms with E-state index in [4.69, 9.17) is 5.73 Å². The van der Waals surface area contributed by atoms with Crippen LogP contribution in [-0.2, 0) is 10.1 Å². The maximum absolute atomic E-state index is 11.3. The van der Waals surface area contributed by atoms with Crippen LogP contribution in [0.1, 0.15) is 16.7 Å². The standard InChI is InChI=1S/C15H17N3O4S.Na/c1-8-4-10(3)15(23(20,21)22)7-12(8)17-18-13-5-9(2)14(19)6-11(13)16;/h4-7,19H,16H2,1-3H3,(H,20,21,22);/q;+1/p-1. The van der Waals surface area contributed by atoms with E-state index in [2.05, 4.69) is 10.2 Å². The molecule has 0 spiro atoms. The molecule has 24 heavy (non-hydrogen) atoms. The number of nitrogens with two attached hydrogens (primary N) is 1. The molecule has 0 saturated heterocycles. The monoisotopic (exact) mass is 357 g/mol. The summed E-state index contributed by atoms with van der Waals surface area (Å²) in [6, 6.07) is 5.67. The van der Waals surface area contributed by atoms with Crippen molar-refractivity contribution < 1.29 is 47.6 Å². The molecule has 9 heteroatoms. The van der Waals surface area contributed by atoms with E-state index in [1.807, 2.05) is 0 Å². The zero-order valence-electron chi connectivity index (χ0n) is 13.9. The van der Waals surface area contributed by atoms with Crippen LogP contribution < -0.4 is 35.3 Å².